The molecule has 2 aromatic rings. The van der Waals surface area contributed by atoms with Crippen molar-refractivity contribution in [2.75, 3.05) is 12.4 Å². The van der Waals surface area contributed by atoms with E-state index in [1.807, 2.05) is 0 Å². The van der Waals surface area contributed by atoms with Crippen molar-refractivity contribution in [2.45, 2.75) is 26.2 Å². The molecular formula is C28H23ClN4O5. The number of nitrogens with one attached hydrogen (secondary N) is 3. The average Bonchev–Trinajstić information content (AvgIpc) is 2.88. The predicted molar refractivity (Wildman–Crippen MR) is 142 cm³/mol. The fourth-order valence-corrected chi connectivity index (χ4v) is 4.74. The maximum atomic E-state index is 13.7. The molecule has 3 N–H and O–H groups in total. The van der Waals surface area contributed by atoms with Crippen molar-refractivity contribution in [2.24, 2.45) is 5.10 Å². The van der Waals surface area contributed by atoms with Gasteiger partial charge in [-0.05, 0) is 37.6 Å². The number of benzene rings is 2. The van der Waals surface area contributed by atoms with Crippen molar-refractivity contribution < 1.29 is 23.9 Å². The van der Waals surface area contributed by atoms with E-state index in [1.165, 1.54) is 7.11 Å². The number of amides is 2. The molecule has 0 radical (unpaired) electrons. The Labute approximate surface area is 224 Å². The molecule has 0 aromatic heterocycles. The molecule has 0 fully saturated rings. The Balaban J connectivity index is 1.71. The SMILES string of the molecule is C#Cc1c(Cl)cccc1C1C(C(=O)Nc2ccc(C3=NNC(=O)CC3=O)cc2)=C(C)NC(C)=C1C(=O)OC. The lowest BCUT2D eigenvalue weighted by Crippen LogP contribution is -2.34. The smallest absolute Gasteiger partial charge is 0.336 e. The second-order valence-electron chi connectivity index (χ2n) is 8.60. The lowest BCUT2D eigenvalue weighted by atomic mass is 9.78. The highest BCUT2D eigenvalue weighted by molar-refractivity contribution is 6.49. The number of dihydropyridines is 1. The summed E-state index contributed by atoms with van der Waals surface area (Å²) < 4.78 is 5.04. The highest BCUT2D eigenvalue weighted by Crippen LogP contribution is 2.41. The Morgan fingerprint density at radius 2 is 1.79 bits per heavy atom. The number of hydrazone groups is 1. The first-order valence-electron chi connectivity index (χ1n) is 11.5. The molecule has 2 aliphatic heterocycles. The van der Waals surface area contributed by atoms with Gasteiger partial charge in [0.15, 0.2) is 5.78 Å². The summed E-state index contributed by atoms with van der Waals surface area (Å²) in [4.78, 5) is 50.1. The van der Waals surface area contributed by atoms with Gasteiger partial charge in [-0.25, -0.2) is 10.2 Å². The summed E-state index contributed by atoms with van der Waals surface area (Å²) in [5, 5.41) is 10.1. The van der Waals surface area contributed by atoms with E-state index < -0.39 is 29.5 Å². The van der Waals surface area contributed by atoms with E-state index in [1.54, 1.807) is 56.3 Å². The number of hydrogen-bond acceptors (Lipinski definition) is 7. The van der Waals surface area contributed by atoms with Crippen molar-refractivity contribution in [1.29, 1.82) is 0 Å². The number of Topliss-reactive ketones (excluding diaryl/α,β-unsaturated/α-hetero) is 1. The van der Waals surface area contributed by atoms with Crippen LogP contribution < -0.4 is 16.1 Å². The molecule has 10 heteroatoms. The summed E-state index contributed by atoms with van der Waals surface area (Å²) in [7, 11) is 1.26. The minimum Gasteiger partial charge on any atom is -0.466 e. The second-order valence-corrected chi connectivity index (χ2v) is 9.01. The van der Waals surface area contributed by atoms with Gasteiger partial charge in [-0.2, -0.15) is 5.10 Å². The van der Waals surface area contributed by atoms with Crippen LogP contribution in [-0.4, -0.2) is 36.4 Å². The Morgan fingerprint density at radius 3 is 2.42 bits per heavy atom. The molecule has 38 heavy (non-hydrogen) atoms. The number of ether oxygens (including phenoxy) is 1. The van der Waals surface area contributed by atoms with Crippen LogP contribution in [0.1, 0.15) is 42.9 Å². The largest absolute Gasteiger partial charge is 0.466 e. The van der Waals surface area contributed by atoms with Crippen molar-refractivity contribution >= 4 is 46.6 Å². The number of esters is 1. The van der Waals surface area contributed by atoms with E-state index in [4.69, 9.17) is 22.8 Å². The van der Waals surface area contributed by atoms with Crippen LogP contribution in [0.3, 0.4) is 0 Å². The Kier molecular flexibility index (Phi) is 7.46. The molecule has 1 atom stereocenters. The van der Waals surface area contributed by atoms with Gasteiger partial charge < -0.3 is 15.4 Å². The molecule has 2 aromatic carbocycles. The summed E-state index contributed by atoms with van der Waals surface area (Å²) in [5.41, 5.74) is 5.75. The number of carbonyl (C=O) groups is 4. The first-order valence-corrected chi connectivity index (χ1v) is 11.9. The maximum Gasteiger partial charge on any atom is 0.336 e. The Hall–Kier alpha value is -4.68. The Bertz CT molecular complexity index is 1510. The second kappa shape index (κ2) is 10.7. The van der Waals surface area contributed by atoms with Gasteiger partial charge in [0.25, 0.3) is 5.91 Å². The van der Waals surface area contributed by atoms with Crippen LogP contribution in [0.15, 0.2) is 70.1 Å². The molecule has 192 valence electrons. The number of allylic oxidation sites excluding steroid dienone is 2. The number of anilines is 1. The van der Waals surface area contributed by atoms with Gasteiger partial charge in [-0.1, -0.05) is 41.8 Å². The number of hydrogen-bond donors (Lipinski definition) is 3. The number of carbonyl (C=O) groups excluding carboxylic acids is 4. The number of terminal acetylenes is 1. The third-order valence-electron chi connectivity index (χ3n) is 6.21. The monoisotopic (exact) mass is 530 g/mol. The fraction of sp³-hybridized carbons (Fsp3) is 0.179. The lowest BCUT2D eigenvalue weighted by Gasteiger charge is -2.31. The van der Waals surface area contributed by atoms with Gasteiger partial charge in [0, 0.05) is 33.8 Å². The quantitative estimate of drug-likeness (QED) is 0.310. The summed E-state index contributed by atoms with van der Waals surface area (Å²) in [6.45, 7) is 3.44. The molecule has 0 bridgehead atoms. The van der Waals surface area contributed by atoms with Gasteiger partial charge in [0.2, 0.25) is 5.91 Å². The topological polar surface area (TPSA) is 126 Å². The van der Waals surface area contributed by atoms with Crippen LogP contribution in [0.25, 0.3) is 0 Å². The molecule has 4 rings (SSSR count). The lowest BCUT2D eigenvalue weighted by molar-refractivity contribution is -0.136. The number of ketones is 1. The van der Waals surface area contributed by atoms with Crippen LogP contribution in [0.2, 0.25) is 5.02 Å². The number of nitrogens with zero attached hydrogens (tertiary/aromatic N) is 1. The van der Waals surface area contributed by atoms with E-state index in [9.17, 15) is 19.2 Å². The molecule has 2 aliphatic rings. The summed E-state index contributed by atoms with van der Waals surface area (Å²) >= 11 is 6.37. The molecule has 2 amide bonds. The molecule has 9 nitrogen and oxygen atoms in total. The van der Waals surface area contributed by atoms with Crippen LogP contribution in [-0.2, 0) is 23.9 Å². The van der Waals surface area contributed by atoms with E-state index in [-0.39, 0.29) is 23.3 Å². The van der Waals surface area contributed by atoms with Crippen molar-refractivity contribution in [3.8, 4) is 12.3 Å². The first-order chi connectivity index (χ1) is 18.2. The van der Waals surface area contributed by atoms with E-state index >= 15 is 0 Å². The third kappa shape index (κ3) is 4.94. The van der Waals surface area contributed by atoms with Crippen molar-refractivity contribution in [3.63, 3.8) is 0 Å². The van der Waals surface area contributed by atoms with Gasteiger partial charge >= 0.3 is 5.97 Å². The number of methoxy groups -OCH3 is 1. The fourth-order valence-electron chi connectivity index (χ4n) is 4.51. The molecule has 0 aliphatic carbocycles. The van der Waals surface area contributed by atoms with Crippen LogP contribution in [0.5, 0.6) is 0 Å². The normalized spacial score (nSPS) is 17.2. The zero-order valence-electron chi connectivity index (χ0n) is 20.8. The van der Waals surface area contributed by atoms with E-state index in [2.05, 4.69) is 27.1 Å². The zero-order chi connectivity index (χ0) is 27.6. The summed E-state index contributed by atoms with van der Waals surface area (Å²) in [6.07, 6.45) is 5.48. The van der Waals surface area contributed by atoms with Crippen molar-refractivity contribution in [1.82, 2.24) is 10.7 Å². The van der Waals surface area contributed by atoms with Crippen LogP contribution in [0, 0.1) is 12.3 Å². The highest BCUT2D eigenvalue weighted by atomic mass is 35.5. The minimum atomic E-state index is -0.856. The number of halogens is 1. The standard InChI is InChI=1S/C28H23ClN4O5/c1-5-18-19(7-6-8-20(18)29)25-23(14(2)30-15(3)24(25)28(37)38-4)27(36)31-17-11-9-16(10-12-17)26-21(34)13-22(35)32-33-26/h1,6-12,25,30H,13H2,2-4H3,(H,31,36)(H,32,35). The molecular weight excluding hydrogens is 508 g/mol. The summed E-state index contributed by atoms with van der Waals surface area (Å²) in [5.74, 6) is -0.245. The van der Waals surface area contributed by atoms with E-state index in [0.717, 1.165) is 0 Å². The number of rotatable bonds is 5. The Morgan fingerprint density at radius 1 is 1.11 bits per heavy atom. The van der Waals surface area contributed by atoms with Crippen LogP contribution in [0.4, 0.5) is 5.69 Å². The van der Waals surface area contributed by atoms with Gasteiger partial charge in [-0.15, -0.1) is 6.42 Å². The van der Waals surface area contributed by atoms with Gasteiger partial charge in [0.1, 0.15) is 5.71 Å². The molecule has 2 heterocycles. The van der Waals surface area contributed by atoms with Gasteiger partial charge in [0.05, 0.1) is 30.0 Å². The van der Waals surface area contributed by atoms with Crippen LogP contribution >= 0.6 is 11.6 Å². The molecule has 0 saturated carbocycles. The third-order valence-corrected chi connectivity index (χ3v) is 6.52. The molecule has 0 saturated heterocycles. The average molecular weight is 531 g/mol. The highest BCUT2D eigenvalue weighted by Gasteiger charge is 2.38. The minimum absolute atomic E-state index is 0.128. The van der Waals surface area contributed by atoms with E-state index in [0.29, 0.717) is 38.8 Å². The predicted octanol–water partition coefficient (Wildman–Crippen LogP) is 3.16. The first kappa shape index (κ1) is 26.4. The summed E-state index contributed by atoms with van der Waals surface area (Å²) in [6, 6.07) is 11.5. The maximum absolute atomic E-state index is 13.7. The van der Waals surface area contributed by atoms with Gasteiger partial charge in [-0.3, -0.25) is 14.4 Å². The molecule has 0 spiro atoms. The molecule has 1 unspecified atom stereocenters. The zero-order valence-corrected chi connectivity index (χ0v) is 21.5. The van der Waals surface area contributed by atoms with Crippen molar-refractivity contribution in [3.05, 3.63) is 86.7 Å².